The summed E-state index contributed by atoms with van der Waals surface area (Å²) >= 11 is 2.20. The second-order valence-electron chi connectivity index (χ2n) is 5.33. The first-order valence-electron chi connectivity index (χ1n) is 6.25. The second-order valence-corrected chi connectivity index (χ2v) is 6.50. The van der Waals surface area contributed by atoms with Gasteiger partial charge in [-0.25, -0.2) is 0 Å². The molecule has 1 atom stereocenters. The zero-order valence-electron chi connectivity index (χ0n) is 11.2. The topological polar surface area (TPSA) is 55.1 Å². The third-order valence-electron chi connectivity index (χ3n) is 3.67. The highest BCUT2D eigenvalue weighted by molar-refractivity contribution is 14.1. The van der Waals surface area contributed by atoms with Gasteiger partial charge in [-0.3, -0.25) is 4.79 Å². The number of nitrogens with one attached hydrogen (secondary N) is 1. The first-order chi connectivity index (χ1) is 8.46. The Morgan fingerprint density at radius 3 is 2.68 bits per heavy atom. The van der Waals surface area contributed by atoms with Crippen LogP contribution in [0, 0.1) is 16.4 Å². The Hall–Kier alpha value is -0.330. The summed E-state index contributed by atoms with van der Waals surface area (Å²) < 4.78 is 0.978. The summed E-state index contributed by atoms with van der Waals surface area (Å²) in [7, 11) is 0. The molecule has 1 unspecified atom stereocenters. The van der Waals surface area contributed by atoms with Crippen molar-refractivity contribution in [3.8, 4) is 0 Å². The fourth-order valence-electron chi connectivity index (χ4n) is 2.18. The van der Waals surface area contributed by atoms with Crippen molar-refractivity contribution in [1.82, 2.24) is 5.32 Å². The fraction of sp³-hybridized carbons (Fsp3) is 0.500. The number of hydrogen-bond acceptors (Lipinski definition) is 2. The van der Waals surface area contributed by atoms with Crippen molar-refractivity contribution in [2.75, 3.05) is 6.54 Å². The van der Waals surface area contributed by atoms with Gasteiger partial charge < -0.3 is 11.1 Å². The highest BCUT2D eigenvalue weighted by atomic mass is 127. The zero-order valence-corrected chi connectivity index (χ0v) is 14.2. The van der Waals surface area contributed by atoms with Crippen LogP contribution in [0.25, 0.3) is 0 Å². The van der Waals surface area contributed by atoms with Crippen molar-refractivity contribution >= 4 is 40.9 Å². The predicted octanol–water partition coefficient (Wildman–Crippen LogP) is 2.88. The summed E-state index contributed by atoms with van der Waals surface area (Å²) in [6, 6.07) is 5.92. The maximum atomic E-state index is 12.4. The molecule has 3 N–H and O–H groups in total. The molecule has 3 nitrogen and oxygen atoms in total. The minimum Gasteiger partial charge on any atom is -0.345 e. The molecule has 0 bridgehead atoms. The van der Waals surface area contributed by atoms with Crippen LogP contribution in [0.3, 0.4) is 0 Å². The highest BCUT2D eigenvalue weighted by Crippen LogP contribution is 2.39. The molecule has 1 aliphatic rings. The second kappa shape index (κ2) is 6.41. The largest absolute Gasteiger partial charge is 0.345 e. The smallest absolute Gasteiger partial charge is 0.252 e. The minimum absolute atomic E-state index is 0. The molecule has 0 radical (unpaired) electrons. The number of aryl methyl sites for hydroxylation is 1. The van der Waals surface area contributed by atoms with E-state index in [9.17, 15) is 4.79 Å². The molecule has 19 heavy (non-hydrogen) atoms. The van der Waals surface area contributed by atoms with Crippen molar-refractivity contribution in [3.63, 3.8) is 0 Å². The maximum absolute atomic E-state index is 12.4. The highest BCUT2D eigenvalue weighted by Gasteiger charge is 2.41. The molecule has 0 aliphatic heterocycles. The Morgan fingerprint density at radius 2 is 2.16 bits per heavy atom. The number of benzene rings is 1. The fourth-order valence-corrected chi connectivity index (χ4v) is 2.76. The van der Waals surface area contributed by atoms with Crippen molar-refractivity contribution < 1.29 is 4.79 Å². The molecule has 0 saturated heterocycles. The van der Waals surface area contributed by atoms with Crippen molar-refractivity contribution in [1.29, 1.82) is 0 Å². The van der Waals surface area contributed by atoms with E-state index >= 15 is 0 Å². The third-order valence-corrected chi connectivity index (χ3v) is 4.61. The number of halogens is 2. The maximum Gasteiger partial charge on any atom is 0.252 e. The van der Waals surface area contributed by atoms with Crippen molar-refractivity contribution in [2.45, 2.75) is 32.2 Å². The quantitative estimate of drug-likeness (QED) is 0.772. The summed E-state index contributed by atoms with van der Waals surface area (Å²) in [5.74, 6) is 0.525. The van der Waals surface area contributed by atoms with Crippen LogP contribution in [-0.4, -0.2) is 18.0 Å². The van der Waals surface area contributed by atoms with Gasteiger partial charge in [0, 0.05) is 10.1 Å². The van der Waals surface area contributed by atoms with Crippen LogP contribution in [0.1, 0.15) is 35.7 Å². The van der Waals surface area contributed by atoms with E-state index in [1.165, 1.54) is 12.8 Å². The Kier molecular flexibility index (Phi) is 5.65. The van der Waals surface area contributed by atoms with Crippen LogP contribution in [0.2, 0.25) is 0 Å². The number of hydrogen-bond donors (Lipinski definition) is 2. The Labute approximate surface area is 134 Å². The molecule has 106 valence electrons. The molecule has 5 heteroatoms. The molecule has 1 aromatic carbocycles. The van der Waals surface area contributed by atoms with Gasteiger partial charge in [0.1, 0.15) is 0 Å². The number of carbonyl (C=O) groups is 1. The van der Waals surface area contributed by atoms with E-state index in [1.807, 2.05) is 32.0 Å². The lowest BCUT2D eigenvalue weighted by Crippen LogP contribution is -2.53. The first-order valence-corrected chi connectivity index (χ1v) is 7.33. The molecular weight excluding hydrogens is 375 g/mol. The molecule has 1 amide bonds. The number of nitrogens with two attached hydrogens (primary N) is 1. The third kappa shape index (κ3) is 3.83. The van der Waals surface area contributed by atoms with Crippen LogP contribution in [0.15, 0.2) is 18.2 Å². The summed E-state index contributed by atoms with van der Waals surface area (Å²) in [4.78, 5) is 12.4. The van der Waals surface area contributed by atoms with Crippen LogP contribution in [0.5, 0.6) is 0 Å². The monoisotopic (exact) mass is 394 g/mol. The number of carbonyl (C=O) groups excluding carboxylic acids is 1. The van der Waals surface area contributed by atoms with Gasteiger partial charge in [0.25, 0.3) is 5.91 Å². The molecule has 1 fully saturated rings. The van der Waals surface area contributed by atoms with E-state index in [1.54, 1.807) is 0 Å². The molecule has 1 aliphatic carbocycles. The van der Waals surface area contributed by atoms with Gasteiger partial charge in [0.2, 0.25) is 0 Å². The lowest BCUT2D eigenvalue weighted by molar-refractivity contribution is 0.0897. The van der Waals surface area contributed by atoms with Gasteiger partial charge in [-0.2, -0.15) is 0 Å². The van der Waals surface area contributed by atoms with Gasteiger partial charge in [-0.15, -0.1) is 12.4 Å². The van der Waals surface area contributed by atoms with Gasteiger partial charge in [-0.05, 0) is 67.3 Å². The van der Waals surface area contributed by atoms with Gasteiger partial charge in [0.15, 0.2) is 0 Å². The number of rotatable bonds is 4. The van der Waals surface area contributed by atoms with E-state index in [2.05, 4.69) is 27.9 Å². The Bertz CT molecular complexity index is 477. The molecule has 2 rings (SSSR count). The standard InChI is InChI=1S/C14H19IN2O.ClH/c1-9-3-6-12(15)11(7-9)13(18)17-14(2,8-16)10-4-5-10;/h3,6-7,10H,4-5,8,16H2,1-2H3,(H,17,18);1H. The summed E-state index contributed by atoms with van der Waals surface area (Å²) in [5, 5.41) is 3.12. The Balaban J connectivity index is 0.00000180. The predicted molar refractivity (Wildman–Crippen MR) is 88.8 cm³/mol. The van der Waals surface area contributed by atoms with E-state index in [0.29, 0.717) is 12.5 Å². The molecule has 1 aromatic rings. The minimum atomic E-state index is -0.260. The molecule has 0 heterocycles. The zero-order chi connectivity index (χ0) is 13.3. The van der Waals surface area contributed by atoms with Crippen LogP contribution in [-0.2, 0) is 0 Å². The molecular formula is C14H20ClIN2O. The number of amides is 1. The summed E-state index contributed by atoms with van der Waals surface area (Å²) in [6.07, 6.45) is 2.33. The lowest BCUT2D eigenvalue weighted by Gasteiger charge is -2.29. The van der Waals surface area contributed by atoms with E-state index in [4.69, 9.17) is 5.73 Å². The van der Waals surface area contributed by atoms with E-state index < -0.39 is 0 Å². The molecule has 0 aromatic heterocycles. The summed E-state index contributed by atoms with van der Waals surface area (Å²) in [6.45, 7) is 4.53. The van der Waals surface area contributed by atoms with Gasteiger partial charge in [0.05, 0.1) is 11.1 Å². The van der Waals surface area contributed by atoms with Crippen molar-refractivity contribution in [2.24, 2.45) is 11.7 Å². The normalized spacial score (nSPS) is 17.3. The van der Waals surface area contributed by atoms with Crippen LogP contribution >= 0.6 is 35.0 Å². The van der Waals surface area contributed by atoms with E-state index in [-0.39, 0.29) is 23.9 Å². The molecule has 0 spiro atoms. The summed E-state index contributed by atoms with van der Waals surface area (Å²) in [5.41, 5.74) is 7.41. The van der Waals surface area contributed by atoms with Crippen LogP contribution < -0.4 is 11.1 Å². The van der Waals surface area contributed by atoms with Crippen molar-refractivity contribution in [3.05, 3.63) is 32.9 Å². The van der Waals surface area contributed by atoms with Crippen LogP contribution in [0.4, 0.5) is 0 Å². The van der Waals surface area contributed by atoms with E-state index in [0.717, 1.165) is 14.7 Å². The lowest BCUT2D eigenvalue weighted by atomic mass is 9.95. The SMILES string of the molecule is Cc1ccc(I)c(C(=O)NC(C)(CN)C2CC2)c1.Cl. The Morgan fingerprint density at radius 1 is 1.53 bits per heavy atom. The average molecular weight is 395 g/mol. The average Bonchev–Trinajstić information content (AvgIpc) is 3.16. The van der Waals surface area contributed by atoms with Gasteiger partial charge in [-0.1, -0.05) is 11.6 Å². The van der Waals surface area contributed by atoms with Gasteiger partial charge >= 0.3 is 0 Å². The molecule has 1 saturated carbocycles. The first kappa shape index (κ1) is 16.7.